The van der Waals surface area contributed by atoms with Crippen LogP contribution in [0.4, 0.5) is 0 Å². The van der Waals surface area contributed by atoms with Gasteiger partial charge in [-0.15, -0.1) is 0 Å². The molecule has 1 atom stereocenters. The highest BCUT2D eigenvalue weighted by atomic mass is 16.5. The highest BCUT2D eigenvalue weighted by Gasteiger charge is 2.11. The van der Waals surface area contributed by atoms with E-state index in [1.165, 1.54) is 11.1 Å². The average molecular weight is 328 g/mol. The fourth-order valence-corrected chi connectivity index (χ4v) is 2.62. The minimum Gasteiger partial charge on any atom is -0.497 e. The predicted octanol–water partition coefficient (Wildman–Crippen LogP) is 3.44. The lowest BCUT2D eigenvalue weighted by molar-refractivity contribution is 0.238. The van der Waals surface area contributed by atoms with Gasteiger partial charge < -0.3 is 15.2 Å². The summed E-state index contributed by atoms with van der Waals surface area (Å²) in [6.45, 7) is 4.73. The van der Waals surface area contributed by atoms with Crippen molar-refractivity contribution in [1.29, 1.82) is 0 Å². The van der Waals surface area contributed by atoms with Gasteiger partial charge in [0.2, 0.25) is 0 Å². The molecule has 0 heterocycles. The van der Waals surface area contributed by atoms with Gasteiger partial charge in [-0.1, -0.05) is 31.2 Å². The zero-order chi connectivity index (χ0) is 17.4. The van der Waals surface area contributed by atoms with Crippen LogP contribution in [0.5, 0.6) is 11.5 Å². The standard InChI is InChI=1S/C20H28N2O2/c1-4-18(21)15-22(13-16-5-9-19(23-2)10-6-16)14-17-7-11-20(24-3)12-8-17/h5-12,18H,4,13-15,21H2,1-3H3. The third-order valence-electron chi connectivity index (χ3n) is 4.15. The van der Waals surface area contributed by atoms with E-state index >= 15 is 0 Å². The highest BCUT2D eigenvalue weighted by Crippen LogP contribution is 2.17. The molecule has 2 aromatic rings. The Balaban J connectivity index is 2.07. The Kier molecular flexibility index (Phi) is 7.09. The van der Waals surface area contributed by atoms with Crippen LogP contribution >= 0.6 is 0 Å². The number of hydrogen-bond acceptors (Lipinski definition) is 4. The van der Waals surface area contributed by atoms with Gasteiger partial charge in [0, 0.05) is 25.7 Å². The molecule has 0 bridgehead atoms. The van der Waals surface area contributed by atoms with Crippen LogP contribution in [0, 0.1) is 0 Å². The molecule has 0 spiro atoms. The van der Waals surface area contributed by atoms with Crippen molar-refractivity contribution in [3.63, 3.8) is 0 Å². The molecular weight excluding hydrogens is 300 g/mol. The first-order valence-electron chi connectivity index (χ1n) is 8.38. The summed E-state index contributed by atoms with van der Waals surface area (Å²) in [7, 11) is 3.37. The molecule has 2 aromatic carbocycles. The van der Waals surface area contributed by atoms with Gasteiger partial charge in [0.15, 0.2) is 0 Å². The van der Waals surface area contributed by atoms with Gasteiger partial charge in [0.05, 0.1) is 14.2 Å². The molecule has 0 aliphatic carbocycles. The van der Waals surface area contributed by atoms with Crippen molar-refractivity contribution in [3.8, 4) is 11.5 Å². The molecule has 2 N–H and O–H groups in total. The molecule has 24 heavy (non-hydrogen) atoms. The number of hydrogen-bond donors (Lipinski definition) is 1. The molecule has 0 fully saturated rings. The van der Waals surface area contributed by atoms with E-state index in [-0.39, 0.29) is 6.04 Å². The van der Waals surface area contributed by atoms with E-state index in [4.69, 9.17) is 15.2 Å². The van der Waals surface area contributed by atoms with E-state index in [0.29, 0.717) is 0 Å². The third-order valence-corrected chi connectivity index (χ3v) is 4.15. The maximum Gasteiger partial charge on any atom is 0.118 e. The molecule has 0 aromatic heterocycles. The van der Waals surface area contributed by atoms with Crippen LogP contribution < -0.4 is 15.2 Å². The number of benzene rings is 2. The van der Waals surface area contributed by atoms with Crippen LogP contribution in [0.3, 0.4) is 0 Å². The number of ether oxygens (including phenoxy) is 2. The maximum absolute atomic E-state index is 6.19. The number of methoxy groups -OCH3 is 2. The van der Waals surface area contributed by atoms with E-state index < -0.39 is 0 Å². The smallest absolute Gasteiger partial charge is 0.118 e. The molecular formula is C20H28N2O2. The molecule has 0 radical (unpaired) electrons. The lowest BCUT2D eigenvalue weighted by Crippen LogP contribution is -2.36. The summed E-state index contributed by atoms with van der Waals surface area (Å²) in [6.07, 6.45) is 0.974. The molecule has 0 saturated carbocycles. The Morgan fingerprint density at radius 2 is 1.25 bits per heavy atom. The average Bonchev–Trinajstić information content (AvgIpc) is 2.62. The minimum atomic E-state index is 0.182. The van der Waals surface area contributed by atoms with E-state index in [0.717, 1.165) is 37.6 Å². The SMILES string of the molecule is CCC(N)CN(Cc1ccc(OC)cc1)Cc1ccc(OC)cc1. The van der Waals surface area contributed by atoms with Crippen molar-refractivity contribution in [2.24, 2.45) is 5.73 Å². The molecule has 0 saturated heterocycles. The Bertz CT molecular complexity index is 547. The van der Waals surface area contributed by atoms with Gasteiger partial charge in [-0.2, -0.15) is 0 Å². The zero-order valence-electron chi connectivity index (χ0n) is 14.9. The largest absolute Gasteiger partial charge is 0.497 e. The molecule has 130 valence electrons. The summed E-state index contributed by atoms with van der Waals surface area (Å²) >= 11 is 0. The van der Waals surface area contributed by atoms with Crippen molar-refractivity contribution in [2.45, 2.75) is 32.5 Å². The monoisotopic (exact) mass is 328 g/mol. The summed E-state index contributed by atoms with van der Waals surface area (Å²) in [5, 5.41) is 0. The van der Waals surface area contributed by atoms with Gasteiger partial charge in [-0.05, 0) is 41.8 Å². The Hall–Kier alpha value is -2.04. The molecule has 2 rings (SSSR count). The molecule has 0 aliphatic heterocycles. The quantitative estimate of drug-likeness (QED) is 0.766. The van der Waals surface area contributed by atoms with Gasteiger partial charge >= 0.3 is 0 Å². The van der Waals surface area contributed by atoms with E-state index in [1.807, 2.05) is 24.3 Å². The first-order chi connectivity index (χ1) is 11.6. The highest BCUT2D eigenvalue weighted by molar-refractivity contribution is 5.28. The van der Waals surface area contributed by atoms with Crippen molar-refractivity contribution in [2.75, 3.05) is 20.8 Å². The summed E-state index contributed by atoms with van der Waals surface area (Å²) in [4.78, 5) is 2.39. The second kappa shape index (κ2) is 9.30. The van der Waals surface area contributed by atoms with E-state index in [9.17, 15) is 0 Å². The lowest BCUT2D eigenvalue weighted by atomic mass is 10.1. The van der Waals surface area contributed by atoms with Crippen molar-refractivity contribution in [3.05, 3.63) is 59.7 Å². The predicted molar refractivity (Wildman–Crippen MR) is 98.4 cm³/mol. The van der Waals surface area contributed by atoms with Crippen molar-refractivity contribution in [1.82, 2.24) is 4.90 Å². The van der Waals surface area contributed by atoms with E-state index in [1.54, 1.807) is 14.2 Å². The summed E-state index contributed by atoms with van der Waals surface area (Å²) < 4.78 is 10.5. The van der Waals surface area contributed by atoms with Crippen LogP contribution in [0.25, 0.3) is 0 Å². The van der Waals surface area contributed by atoms with Gasteiger partial charge in [-0.25, -0.2) is 0 Å². The number of rotatable bonds is 9. The van der Waals surface area contributed by atoms with Crippen LogP contribution in [0.15, 0.2) is 48.5 Å². The van der Waals surface area contributed by atoms with Crippen LogP contribution in [0.2, 0.25) is 0 Å². The maximum atomic E-state index is 6.19. The van der Waals surface area contributed by atoms with Crippen molar-refractivity contribution < 1.29 is 9.47 Å². The molecule has 1 unspecified atom stereocenters. The summed E-state index contributed by atoms with van der Waals surface area (Å²) in [5.41, 5.74) is 8.70. The molecule has 0 amide bonds. The second-order valence-corrected chi connectivity index (χ2v) is 6.03. The molecule has 0 aliphatic rings. The zero-order valence-corrected chi connectivity index (χ0v) is 14.9. The number of nitrogens with two attached hydrogens (primary N) is 1. The third kappa shape index (κ3) is 5.55. The van der Waals surface area contributed by atoms with Crippen molar-refractivity contribution >= 4 is 0 Å². The van der Waals surface area contributed by atoms with Gasteiger partial charge in [0.25, 0.3) is 0 Å². The number of nitrogens with zero attached hydrogens (tertiary/aromatic N) is 1. The Labute approximate surface area is 145 Å². The minimum absolute atomic E-state index is 0.182. The first-order valence-corrected chi connectivity index (χ1v) is 8.38. The Morgan fingerprint density at radius 3 is 1.58 bits per heavy atom. The molecule has 4 nitrogen and oxygen atoms in total. The second-order valence-electron chi connectivity index (χ2n) is 6.03. The van der Waals surface area contributed by atoms with Gasteiger partial charge in [-0.3, -0.25) is 4.90 Å². The lowest BCUT2D eigenvalue weighted by Gasteiger charge is -2.25. The fraction of sp³-hybridized carbons (Fsp3) is 0.400. The summed E-state index contributed by atoms with van der Waals surface area (Å²) in [5.74, 6) is 1.76. The Morgan fingerprint density at radius 1 is 0.833 bits per heavy atom. The van der Waals surface area contributed by atoms with Crippen LogP contribution in [-0.2, 0) is 13.1 Å². The fourth-order valence-electron chi connectivity index (χ4n) is 2.62. The van der Waals surface area contributed by atoms with Crippen LogP contribution in [-0.4, -0.2) is 31.7 Å². The molecule has 4 heteroatoms. The van der Waals surface area contributed by atoms with Crippen LogP contribution in [0.1, 0.15) is 24.5 Å². The normalized spacial score (nSPS) is 12.2. The van der Waals surface area contributed by atoms with Gasteiger partial charge in [0.1, 0.15) is 11.5 Å². The first kappa shape index (κ1) is 18.3. The topological polar surface area (TPSA) is 47.7 Å². The van der Waals surface area contributed by atoms with E-state index in [2.05, 4.69) is 36.1 Å². The summed E-state index contributed by atoms with van der Waals surface area (Å²) in [6, 6.07) is 16.6.